The molecule has 96 valence electrons. The van der Waals surface area contributed by atoms with Gasteiger partial charge in [0.2, 0.25) is 5.91 Å². The van der Waals surface area contributed by atoms with Crippen molar-refractivity contribution in [2.75, 3.05) is 5.32 Å². The van der Waals surface area contributed by atoms with Gasteiger partial charge in [-0.25, -0.2) is 4.79 Å². The fourth-order valence-corrected chi connectivity index (χ4v) is 1.64. The molecule has 1 amide bonds. The number of aromatic nitrogens is 2. The number of carbonyl (C=O) groups is 1. The minimum absolute atomic E-state index is 0.0529. The number of aryl methyl sites for hydroxylation is 1. The van der Waals surface area contributed by atoms with Crippen LogP contribution in [0.5, 0.6) is 0 Å². The van der Waals surface area contributed by atoms with Gasteiger partial charge in [0.25, 0.3) is 0 Å². The minimum Gasteiger partial charge on any atom is -0.325 e. The Labute approximate surface area is 105 Å². The monoisotopic (exact) mass is 247 g/mol. The first kappa shape index (κ1) is 12.4. The number of nitrogens with one attached hydrogen (secondary N) is 3. The van der Waals surface area contributed by atoms with Crippen LogP contribution in [0.2, 0.25) is 0 Å². The molecule has 5 heteroatoms. The Kier molecular flexibility index (Phi) is 2.77. The Morgan fingerprint density at radius 3 is 2.28 bits per heavy atom. The Hall–Kier alpha value is -2.04. The quantitative estimate of drug-likeness (QED) is 0.722. The molecule has 0 radical (unpaired) electrons. The molecule has 0 saturated heterocycles. The van der Waals surface area contributed by atoms with E-state index in [4.69, 9.17) is 0 Å². The standard InChI is InChI=1S/C13H17N3O2/c1-7-5-9-10(16-12(18)15-9)6-8(7)14-11(17)13(2,3)4/h5-6H,1-4H3,(H,14,17)(H2,15,16,18). The van der Waals surface area contributed by atoms with Gasteiger partial charge >= 0.3 is 5.69 Å². The number of fused-ring (bicyclic) bond motifs is 1. The first-order chi connectivity index (χ1) is 8.27. The summed E-state index contributed by atoms with van der Waals surface area (Å²) < 4.78 is 0. The summed E-state index contributed by atoms with van der Waals surface area (Å²) in [5.74, 6) is -0.0529. The zero-order valence-electron chi connectivity index (χ0n) is 11.0. The largest absolute Gasteiger partial charge is 0.325 e. The van der Waals surface area contributed by atoms with E-state index in [1.54, 1.807) is 6.07 Å². The van der Waals surface area contributed by atoms with Crippen molar-refractivity contribution in [1.82, 2.24) is 9.97 Å². The molecular weight excluding hydrogens is 230 g/mol. The second kappa shape index (κ2) is 4.01. The lowest BCUT2D eigenvalue weighted by Gasteiger charge is -2.18. The van der Waals surface area contributed by atoms with E-state index in [1.807, 2.05) is 33.8 Å². The summed E-state index contributed by atoms with van der Waals surface area (Å²) in [7, 11) is 0. The van der Waals surface area contributed by atoms with E-state index in [0.717, 1.165) is 16.8 Å². The highest BCUT2D eigenvalue weighted by Gasteiger charge is 2.21. The third-order valence-electron chi connectivity index (χ3n) is 2.79. The van der Waals surface area contributed by atoms with Crippen LogP contribution in [0.25, 0.3) is 11.0 Å². The van der Waals surface area contributed by atoms with Crippen molar-refractivity contribution >= 4 is 22.6 Å². The molecule has 1 heterocycles. The van der Waals surface area contributed by atoms with Crippen molar-refractivity contribution in [3.63, 3.8) is 0 Å². The molecule has 2 aromatic rings. The molecule has 0 atom stereocenters. The smallest absolute Gasteiger partial charge is 0.323 e. The van der Waals surface area contributed by atoms with E-state index in [2.05, 4.69) is 15.3 Å². The molecule has 3 N–H and O–H groups in total. The molecule has 2 rings (SSSR count). The molecule has 0 bridgehead atoms. The maximum absolute atomic E-state index is 11.9. The van der Waals surface area contributed by atoms with Crippen LogP contribution >= 0.6 is 0 Å². The summed E-state index contributed by atoms with van der Waals surface area (Å²) in [5.41, 5.74) is 2.37. The molecule has 0 aliphatic carbocycles. The van der Waals surface area contributed by atoms with Gasteiger partial charge in [0.05, 0.1) is 11.0 Å². The number of H-pyrrole nitrogens is 2. The van der Waals surface area contributed by atoms with Gasteiger partial charge in [-0.1, -0.05) is 20.8 Å². The average molecular weight is 247 g/mol. The van der Waals surface area contributed by atoms with Crippen LogP contribution in [0.15, 0.2) is 16.9 Å². The van der Waals surface area contributed by atoms with Gasteiger partial charge in [0, 0.05) is 11.1 Å². The summed E-state index contributed by atoms with van der Waals surface area (Å²) in [5, 5.41) is 2.88. The Morgan fingerprint density at radius 2 is 1.72 bits per heavy atom. The molecule has 0 fully saturated rings. The molecule has 1 aromatic heterocycles. The van der Waals surface area contributed by atoms with Crippen LogP contribution < -0.4 is 11.0 Å². The topological polar surface area (TPSA) is 77.8 Å². The number of amides is 1. The molecule has 0 aliphatic heterocycles. The normalized spacial score (nSPS) is 11.8. The van der Waals surface area contributed by atoms with Crippen LogP contribution in [0.3, 0.4) is 0 Å². The molecule has 0 saturated carbocycles. The highest BCUT2D eigenvalue weighted by atomic mass is 16.2. The van der Waals surface area contributed by atoms with Crippen molar-refractivity contribution in [3.8, 4) is 0 Å². The van der Waals surface area contributed by atoms with E-state index < -0.39 is 5.41 Å². The fourth-order valence-electron chi connectivity index (χ4n) is 1.64. The Bertz CT molecular complexity index is 659. The maximum Gasteiger partial charge on any atom is 0.323 e. The predicted molar refractivity (Wildman–Crippen MR) is 71.7 cm³/mol. The molecule has 18 heavy (non-hydrogen) atoms. The van der Waals surface area contributed by atoms with Crippen molar-refractivity contribution in [2.45, 2.75) is 27.7 Å². The second-order valence-corrected chi connectivity index (χ2v) is 5.50. The SMILES string of the molecule is Cc1cc2[nH]c(=O)[nH]c2cc1NC(=O)C(C)(C)C. The third kappa shape index (κ3) is 2.30. The number of hydrogen-bond acceptors (Lipinski definition) is 2. The number of rotatable bonds is 1. The number of imidazole rings is 1. The van der Waals surface area contributed by atoms with Crippen LogP contribution in [0, 0.1) is 12.3 Å². The van der Waals surface area contributed by atoms with Gasteiger partial charge in [-0.3, -0.25) is 4.79 Å². The van der Waals surface area contributed by atoms with Crippen LogP contribution in [-0.2, 0) is 4.79 Å². The fraction of sp³-hybridized carbons (Fsp3) is 0.385. The van der Waals surface area contributed by atoms with Crippen LogP contribution in [0.4, 0.5) is 5.69 Å². The summed E-state index contributed by atoms with van der Waals surface area (Å²) in [6, 6.07) is 3.61. The lowest BCUT2D eigenvalue weighted by atomic mass is 9.95. The summed E-state index contributed by atoms with van der Waals surface area (Å²) in [4.78, 5) is 28.5. The molecule has 0 aliphatic rings. The van der Waals surface area contributed by atoms with Gasteiger partial charge in [0.1, 0.15) is 0 Å². The zero-order valence-corrected chi connectivity index (χ0v) is 11.0. The zero-order chi connectivity index (χ0) is 13.5. The number of hydrogen-bond donors (Lipinski definition) is 3. The Balaban J connectivity index is 2.42. The van der Waals surface area contributed by atoms with Crippen LogP contribution in [-0.4, -0.2) is 15.9 Å². The highest BCUT2D eigenvalue weighted by molar-refractivity contribution is 5.97. The summed E-state index contributed by atoms with van der Waals surface area (Å²) in [6.07, 6.45) is 0. The van der Waals surface area contributed by atoms with E-state index in [0.29, 0.717) is 5.52 Å². The van der Waals surface area contributed by atoms with Crippen molar-refractivity contribution < 1.29 is 4.79 Å². The maximum atomic E-state index is 11.9. The first-order valence-electron chi connectivity index (χ1n) is 5.81. The van der Waals surface area contributed by atoms with Gasteiger partial charge in [-0.15, -0.1) is 0 Å². The van der Waals surface area contributed by atoms with Gasteiger partial charge in [-0.05, 0) is 24.6 Å². The number of anilines is 1. The second-order valence-electron chi connectivity index (χ2n) is 5.50. The van der Waals surface area contributed by atoms with Gasteiger partial charge < -0.3 is 15.3 Å². The van der Waals surface area contributed by atoms with Gasteiger partial charge in [0.15, 0.2) is 0 Å². The van der Waals surface area contributed by atoms with Crippen molar-refractivity contribution in [3.05, 3.63) is 28.2 Å². The number of aromatic amines is 2. The molecule has 0 spiro atoms. The molecule has 1 aromatic carbocycles. The van der Waals surface area contributed by atoms with Crippen LogP contribution in [0.1, 0.15) is 26.3 Å². The first-order valence-corrected chi connectivity index (χ1v) is 5.81. The molecular formula is C13H17N3O2. The number of carbonyl (C=O) groups excluding carboxylic acids is 1. The average Bonchev–Trinajstić information content (AvgIpc) is 2.56. The third-order valence-corrected chi connectivity index (χ3v) is 2.79. The van der Waals surface area contributed by atoms with E-state index in [9.17, 15) is 9.59 Å². The lowest BCUT2D eigenvalue weighted by Crippen LogP contribution is -2.27. The molecule has 0 unspecified atom stereocenters. The van der Waals surface area contributed by atoms with Crippen molar-refractivity contribution in [2.24, 2.45) is 5.41 Å². The minimum atomic E-state index is -0.451. The van der Waals surface area contributed by atoms with E-state index >= 15 is 0 Å². The number of benzene rings is 1. The van der Waals surface area contributed by atoms with Gasteiger partial charge in [-0.2, -0.15) is 0 Å². The molecule has 5 nitrogen and oxygen atoms in total. The van der Waals surface area contributed by atoms with E-state index in [1.165, 1.54) is 0 Å². The summed E-state index contributed by atoms with van der Waals surface area (Å²) in [6.45, 7) is 7.46. The van der Waals surface area contributed by atoms with E-state index in [-0.39, 0.29) is 11.6 Å². The lowest BCUT2D eigenvalue weighted by molar-refractivity contribution is -0.123. The Morgan fingerprint density at radius 1 is 1.17 bits per heavy atom. The van der Waals surface area contributed by atoms with Crippen molar-refractivity contribution in [1.29, 1.82) is 0 Å². The highest BCUT2D eigenvalue weighted by Crippen LogP contribution is 2.23. The predicted octanol–water partition coefficient (Wildman–Crippen LogP) is 2.15. The summed E-state index contributed by atoms with van der Waals surface area (Å²) >= 11 is 0.